The number of nitriles is 2. The first-order chi connectivity index (χ1) is 34.9. The van der Waals surface area contributed by atoms with E-state index in [0.717, 1.165) is 38.9 Å². The molecule has 3 aromatic heterocycles. The van der Waals surface area contributed by atoms with Gasteiger partial charge >= 0.3 is 17.3 Å². The lowest BCUT2D eigenvalue weighted by Gasteiger charge is -1.98. The third kappa shape index (κ3) is 23.1. The van der Waals surface area contributed by atoms with Gasteiger partial charge in [0.1, 0.15) is 0 Å². The molecule has 0 aliphatic carbocycles. The summed E-state index contributed by atoms with van der Waals surface area (Å²) < 4.78 is 35.2. The number of nitrogen functional groups attached to an aromatic ring is 2. The number of hydrogen-bond donors (Lipinski definition) is 9. The van der Waals surface area contributed by atoms with Gasteiger partial charge in [0.15, 0.2) is 23.3 Å². The molecule has 6 aromatic carbocycles. The number of oxime groups is 1. The quantitative estimate of drug-likeness (QED) is 0.0195. The molecular weight excluding hydrogens is 1020 g/mol. The average Bonchev–Trinajstić information content (AvgIpc) is 4.16. The Morgan fingerprint density at radius 3 is 1.29 bits per heavy atom. The highest BCUT2D eigenvalue weighted by molar-refractivity contribution is 8.13. The highest BCUT2D eigenvalue weighted by Gasteiger charge is 2.12. The van der Waals surface area contributed by atoms with Crippen LogP contribution in [0.3, 0.4) is 0 Å². The number of nitrogens with two attached hydrogens (primary N) is 4. The van der Waals surface area contributed by atoms with Crippen LogP contribution in [0.1, 0.15) is 55.7 Å². The van der Waals surface area contributed by atoms with Crippen molar-refractivity contribution in [1.82, 2.24) is 30.4 Å². The molecule has 9 aromatic rings. The van der Waals surface area contributed by atoms with Gasteiger partial charge in [-0.05, 0) is 93.1 Å². The molecule has 76 heavy (non-hydrogen) atoms. The molecule has 0 radical (unpaired) electrons. The van der Waals surface area contributed by atoms with Crippen molar-refractivity contribution >= 4 is 36.9 Å². The monoisotopic (exact) mass is 1080 g/mol. The Morgan fingerprint density at radius 1 is 0.566 bits per heavy atom. The second-order valence-electron chi connectivity index (χ2n) is 14.4. The van der Waals surface area contributed by atoms with Gasteiger partial charge in [-0.25, -0.2) is 28.7 Å². The molecule has 0 saturated carbocycles. The van der Waals surface area contributed by atoms with E-state index in [4.69, 9.17) is 48.8 Å². The van der Waals surface area contributed by atoms with E-state index >= 15 is 0 Å². The smallest absolute Gasteiger partial charge is 0.409 e. The van der Waals surface area contributed by atoms with Gasteiger partial charge in [-0.1, -0.05) is 133 Å². The van der Waals surface area contributed by atoms with Crippen LogP contribution in [0.4, 0.5) is 11.4 Å². The van der Waals surface area contributed by atoms with Gasteiger partial charge < -0.3 is 27.6 Å². The lowest BCUT2D eigenvalue weighted by molar-refractivity contribution is 0.311. The third-order valence-corrected chi connectivity index (χ3v) is 10.1. The van der Waals surface area contributed by atoms with Crippen molar-refractivity contribution in [3.05, 3.63) is 211 Å². The van der Waals surface area contributed by atoms with E-state index in [1.54, 1.807) is 66.7 Å². The van der Waals surface area contributed by atoms with Crippen molar-refractivity contribution in [2.75, 3.05) is 11.5 Å². The van der Waals surface area contributed by atoms with Crippen molar-refractivity contribution in [1.29, 1.82) is 10.5 Å². The number of aryl methyl sites for hydroxylation is 3. The van der Waals surface area contributed by atoms with Crippen molar-refractivity contribution < 1.29 is 32.4 Å². The Labute approximate surface area is 441 Å². The van der Waals surface area contributed by atoms with Crippen LogP contribution in [0.15, 0.2) is 184 Å². The minimum Gasteiger partial charge on any atom is -0.409 e. The number of benzene rings is 6. The number of aromatic nitrogens is 6. The fourth-order valence-electron chi connectivity index (χ4n) is 5.52. The second-order valence-corrected chi connectivity index (χ2v) is 16.9. The zero-order chi connectivity index (χ0) is 53.9. The first kappa shape index (κ1) is 66.2. The standard InChI is InChI=1S/C9H8N2O2.C8H5ClN2O4S.C8H7N3O2.C8H10N2O.C8H7N.C7H6N2.3CH4.H3NO/c1-6-3-2-4-7(5-6)8-10-9(12)13-11-8;9-16(13,14)6-3-1-2-5(4-6)7-10-8(12)15-11-7;9-6-3-1-2-5(4-6)7-10-8(12)13-11-7;1-6-3-2-4-7(5-6)8(9)10-11;1-7-3-2-4-8(5-7)6-9;8-5-6-2-1-3-7(9)4-6;;;;1-2/h2-5H,1H3,(H,10,11,12);1-4H,(H,10,11,12);1-4H,9H2,(H,10,11,12);2-5,11H,1H3,(H2,9,10);2-5H,1H3;1-4H,9H2;3*1H4;2H,1H2. The van der Waals surface area contributed by atoms with Crippen LogP contribution in [-0.4, -0.2) is 55.1 Å². The van der Waals surface area contributed by atoms with Crippen LogP contribution in [0.25, 0.3) is 34.2 Å². The van der Waals surface area contributed by atoms with E-state index in [-0.39, 0.29) is 38.8 Å². The van der Waals surface area contributed by atoms with E-state index < -0.39 is 26.3 Å². The molecule has 0 fully saturated rings. The lowest BCUT2D eigenvalue weighted by Crippen LogP contribution is -2.12. The summed E-state index contributed by atoms with van der Waals surface area (Å²) in [6.45, 7) is 5.90. The van der Waals surface area contributed by atoms with Gasteiger partial charge in [-0.3, -0.25) is 28.5 Å². The van der Waals surface area contributed by atoms with Gasteiger partial charge in [0, 0.05) is 44.3 Å². The summed E-state index contributed by atoms with van der Waals surface area (Å²) in [6, 6.07) is 46.3. The minimum absolute atomic E-state index is 0. The summed E-state index contributed by atoms with van der Waals surface area (Å²) in [4.78, 5) is 39.2. The van der Waals surface area contributed by atoms with Gasteiger partial charge in [0.05, 0.1) is 28.2 Å². The Bertz CT molecular complexity index is 3450. The van der Waals surface area contributed by atoms with Crippen molar-refractivity contribution in [2.45, 2.75) is 47.9 Å². The number of nitrogens with zero attached hydrogens (tertiary/aromatic N) is 6. The number of H-pyrrole nitrogens is 3. The van der Waals surface area contributed by atoms with Crippen LogP contribution in [-0.2, 0) is 9.05 Å². The number of aromatic amines is 3. The van der Waals surface area contributed by atoms with Crippen molar-refractivity contribution in [3.8, 4) is 46.3 Å². The van der Waals surface area contributed by atoms with Gasteiger partial charge in [-0.2, -0.15) is 10.5 Å². The predicted molar refractivity (Wildman–Crippen MR) is 291 cm³/mol. The third-order valence-electron chi connectivity index (χ3n) is 8.75. The molecule has 400 valence electrons. The van der Waals surface area contributed by atoms with Crippen LogP contribution in [0, 0.1) is 43.4 Å². The number of amidine groups is 1. The predicted octanol–water partition coefficient (Wildman–Crippen LogP) is 8.25. The van der Waals surface area contributed by atoms with Crippen LogP contribution in [0.5, 0.6) is 0 Å². The summed E-state index contributed by atoms with van der Waals surface area (Å²) in [6.07, 6.45) is 0. The van der Waals surface area contributed by atoms with Gasteiger partial charge in [-0.15, -0.1) is 0 Å². The van der Waals surface area contributed by atoms with E-state index in [9.17, 15) is 22.8 Å². The lowest BCUT2D eigenvalue weighted by atomic mass is 10.1. The topological polar surface area (TPSA) is 415 Å². The van der Waals surface area contributed by atoms with E-state index in [1.165, 1.54) is 18.2 Å². The maximum absolute atomic E-state index is 11.1. The molecule has 0 saturated heterocycles. The molecular formula is C51H58ClN13O10S. The second kappa shape index (κ2) is 33.7. The van der Waals surface area contributed by atoms with E-state index in [1.807, 2.05) is 87.5 Å². The zero-order valence-electron chi connectivity index (χ0n) is 38.8. The maximum atomic E-state index is 11.1. The number of hydrogen-bond acceptors (Lipinski definition) is 19. The molecule has 23 nitrogen and oxygen atoms in total. The first-order valence-electron chi connectivity index (χ1n) is 20.6. The van der Waals surface area contributed by atoms with Gasteiger partial charge in [0.25, 0.3) is 9.05 Å². The van der Waals surface area contributed by atoms with Crippen LogP contribution >= 0.6 is 10.7 Å². The highest BCUT2D eigenvalue weighted by atomic mass is 35.7. The Balaban J connectivity index is 0.000000884. The molecule has 25 heteroatoms. The molecule has 0 amide bonds. The Kier molecular flexibility index (Phi) is 29.4. The average molecular weight is 1080 g/mol. The summed E-state index contributed by atoms with van der Waals surface area (Å²) in [5.41, 5.74) is 24.9. The molecule has 0 atom stereocenters. The van der Waals surface area contributed by atoms with Gasteiger partial charge in [0.2, 0.25) is 0 Å². The molecule has 0 spiro atoms. The minimum atomic E-state index is -3.80. The molecule has 13 N–H and O–H groups in total. The Morgan fingerprint density at radius 2 is 0.934 bits per heavy atom. The molecule has 0 aliphatic rings. The highest BCUT2D eigenvalue weighted by Crippen LogP contribution is 2.21. The number of halogens is 1. The maximum Gasteiger partial charge on any atom is 0.439 e. The molecule has 0 aliphatic heterocycles. The summed E-state index contributed by atoms with van der Waals surface area (Å²) in [5.74, 6) is 2.83. The summed E-state index contributed by atoms with van der Waals surface area (Å²) in [5, 5.41) is 45.0. The molecule has 9 rings (SSSR count). The van der Waals surface area contributed by atoms with E-state index in [2.05, 4.69) is 61.1 Å². The SMILES string of the molecule is C.C.C.Cc1cccc(-c2noc(=O)[nH]2)c1.Cc1cccc(/C(N)=N/O)c1.Cc1cccc(C#N)c1.N#Cc1cccc(N)c1.NO.Nc1cccc(-c2noc(=O)[nH]2)c1.O=c1[nH]c(-c2cccc(S(=O)(=O)Cl)c2)no1. The van der Waals surface area contributed by atoms with Crippen LogP contribution in [0.2, 0.25) is 0 Å². The fraction of sp³-hybridized carbons (Fsp3) is 0.118. The van der Waals surface area contributed by atoms with Crippen LogP contribution < -0.4 is 40.4 Å². The summed E-state index contributed by atoms with van der Waals surface area (Å²) >= 11 is 0. The number of rotatable bonds is 5. The Hall–Kier alpha value is -9.85. The number of nitrogens with one attached hydrogen (secondary N) is 3. The molecule has 3 heterocycles. The van der Waals surface area contributed by atoms with Crippen molar-refractivity contribution in [2.24, 2.45) is 16.8 Å². The van der Waals surface area contributed by atoms with Crippen molar-refractivity contribution in [3.63, 3.8) is 0 Å². The molecule has 0 unspecified atom stereocenters. The normalized spacial score (nSPS) is 9.66. The number of anilines is 2. The largest absolute Gasteiger partial charge is 0.439 e. The first-order valence-corrected chi connectivity index (χ1v) is 22.9. The summed E-state index contributed by atoms with van der Waals surface area (Å²) in [7, 11) is 1.37. The van der Waals surface area contributed by atoms with E-state index in [0.29, 0.717) is 34.2 Å². The molecule has 0 bridgehead atoms. The zero-order valence-corrected chi connectivity index (χ0v) is 40.4. The fourth-order valence-corrected chi connectivity index (χ4v) is 6.32.